The highest BCUT2D eigenvalue weighted by atomic mass is 32.2. The van der Waals surface area contributed by atoms with Crippen molar-refractivity contribution in [1.82, 2.24) is 15.7 Å². The fourth-order valence-electron chi connectivity index (χ4n) is 4.12. The number of aliphatic hydroxyl groups is 1. The highest BCUT2D eigenvalue weighted by Gasteiger charge is 2.27. The molecule has 1 aromatic carbocycles. The number of aliphatic hydroxyl groups excluding tert-OH is 1. The lowest BCUT2D eigenvalue weighted by Crippen LogP contribution is -2.49. The Labute approximate surface area is 252 Å². The third-order valence-electron chi connectivity index (χ3n) is 7.10. The first-order valence-corrected chi connectivity index (χ1v) is 15.3. The SMILES string of the molecule is C=C(S/C=C(\C)C(C)ONC(Cc1ccccc1)CC(C)C(=O)O)C(O)CC(C(C)C)N(C)C(=O)CNC(C)(C)C. The highest BCUT2D eigenvalue weighted by Crippen LogP contribution is 2.27. The van der Waals surface area contributed by atoms with Crippen LogP contribution in [0.15, 0.2) is 52.8 Å². The Morgan fingerprint density at radius 2 is 1.73 bits per heavy atom. The van der Waals surface area contributed by atoms with Gasteiger partial charge in [0.05, 0.1) is 24.7 Å². The average molecular weight is 592 g/mol. The van der Waals surface area contributed by atoms with Gasteiger partial charge >= 0.3 is 5.97 Å². The summed E-state index contributed by atoms with van der Waals surface area (Å²) < 4.78 is 0. The van der Waals surface area contributed by atoms with Gasteiger partial charge in [0.2, 0.25) is 5.91 Å². The summed E-state index contributed by atoms with van der Waals surface area (Å²) in [6, 6.07) is 9.60. The number of hydrogen-bond acceptors (Lipinski definition) is 7. The van der Waals surface area contributed by atoms with Crippen molar-refractivity contribution in [2.45, 2.75) is 104 Å². The Morgan fingerprint density at radius 1 is 1.12 bits per heavy atom. The average Bonchev–Trinajstić information content (AvgIpc) is 2.90. The number of nitrogens with zero attached hydrogens (tertiary/aromatic N) is 1. The van der Waals surface area contributed by atoms with Gasteiger partial charge < -0.3 is 20.4 Å². The maximum absolute atomic E-state index is 12.8. The number of aliphatic carboxylic acids is 1. The highest BCUT2D eigenvalue weighted by molar-refractivity contribution is 8.05. The van der Waals surface area contributed by atoms with E-state index in [9.17, 15) is 19.8 Å². The van der Waals surface area contributed by atoms with Gasteiger partial charge in [-0.2, -0.15) is 5.48 Å². The van der Waals surface area contributed by atoms with E-state index in [1.807, 2.05) is 84.2 Å². The molecule has 0 aromatic heterocycles. The molecular weight excluding hydrogens is 538 g/mol. The summed E-state index contributed by atoms with van der Waals surface area (Å²) in [5.41, 5.74) is 4.97. The van der Waals surface area contributed by atoms with E-state index in [4.69, 9.17) is 4.84 Å². The minimum Gasteiger partial charge on any atom is -0.481 e. The molecule has 5 unspecified atom stereocenters. The van der Waals surface area contributed by atoms with Crippen molar-refractivity contribution in [1.29, 1.82) is 0 Å². The van der Waals surface area contributed by atoms with Crippen LogP contribution in [0.3, 0.4) is 0 Å². The van der Waals surface area contributed by atoms with Crippen LogP contribution >= 0.6 is 11.8 Å². The normalized spacial score (nSPS) is 16.1. The van der Waals surface area contributed by atoms with Crippen LogP contribution in [0, 0.1) is 11.8 Å². The van der Waals surface area contributed by atoms with Gasteiger partial charge in [-0.1, -0.05) is 57.7 Å². The molecule has 0 fully saturated rings. The number of hydroxylamine groups is 1. The fraction of sp³-hybridized carbons (Fsp3) is 0.625. The van der Waals surface area contributed by atoms with Crippen molar-refractivity contribution >= 4 is 23.6 Å². The van der Waals surface area contributed by atoms with Gasteiger partial charge in [-0.3, -0.25) is 14.4 Å². The van der Waals surface area contributed by atoms with Gasteiger partial charge in [0.25, 0.3) is 0 Å². The van der Waals surface area contributed by atoms with Crippen molar-refractivity contribution in [2.24, 2.45) is 11.8 Å². The number of carbonyl (C=O) groups is 2. The molecule has 0 radical (unpaired) electrons. The Bertz CT molecular complexity index is 993. The molecule has 41 heavy (non-hydrogen) atoms. The largest absolute Gasteiger partial charge is 0.481 e. The summed E-state index contributed by atoms with van der Waals surface area (Å²) in [5.74, 6) is -1.19. The number of thioether (sulfide) groups is 1. The zero-order valence-corrected chi connectivity index (χ0v) is 27.3. The lowest BCUT2D eigenvalue weighted by molar-refractivity contribution is -0.142. The Morgan fingerprint density at radius 3 is 2.27 bits per heavy atom. The van der Waals surface area contributed by atoms with E-state index < -0.39 is 18.0 Å². The summed E-state index contributed by atoms with van der Waals surface area (Å²) in [7, 11) is 1.79. The molecule has 0 aliphatic carbocycles. The molecule has 1 rings (SSSR count). The Balaban J connectivity index is 2.73. The molecular formula is C32H53N3O5S. The quantitative estimate of drug-likeness (QED) is 0.168. The third kappa shape index (κ3) is 14.5. The topological polar surface area (TPSA) is 111 Å². The zero-order valence-electron chi connectivity index (χ0n) is 26.4. The number of nitrogens with one attached hydrogen (secondary N) is 2. The van der Waals surface area contributed by atoms with Crippen LogP contribution < -0.4 is 10.8 Å². The van der Waals surface area contributed by atoms with E-state index >= 15 is 0 Å². The number of carboxylic acids is 1. The number of rotatable bonds is 18. The molecule has 0 aliphatic rings. The fourth-order valence-corrected chi connectivity index (χ4v) is 4.90. The van der Waals surface area contributed by atoms with Crippen LogP contribution in [0.25, 0.3) is 0 Å². The maximum Gasteiger partial charge on any atom is 0.306 e. The number of benzene rings is 1. The predicted molar refractivity (Wildman–Crippen MR) is 169 cm³/mol. The number of carboxylic acid groups (broad SMARTS) is 1. The number of amides is 1. The lowest BCUT2D eigenvalue weighted by Gasteiger charge is -2.34. The second-order valence-electron chi connectivity index (χ2n) is 12.4. The van der Waals surface area contributed by atoms with Gasteiger partial charge in [-0.15, -0.1) is 11.8 Å². The minimum absolute atomic E-state index is 0.0124. The van der Waals surface area contributed by atoms with Crippen molar-refractivity contribution in [3.8, 4) is 0 Å². The first-order valence-electron chi connectivity index (χ1n) is 14.4. The predicted octanol–water partition coefficient (Wildman–Crippen LogP) is 5.39. The molecule has 8 nitrogen and oxygen atoms in total. The van der Waals surface area contributed by atoms with Crippen molar-refractivity contribution in [3.05, 3.63) is 58.4 Å². The Kier molecular flexibility index (Phi) is 15.9. The monoisotopic (exact) mass is 591 g/mol. The molecule has 9 heteroatoms. The molecule has 1 aromatic rings. The van der Waals surface area contributed by atoms with Crippen LogP contribution in [0.2, 0.25) is 0 Å². The van der Waals surface area contributed by atoms with Gasteiger partial charge in [0.1, 0.15) is 0 Å². The molecule has 1 amide bonds. The maximum atomic E-state index is 12.8. The van der Waals surface area contributed by atoms with E-state index in [-0.39, 0.29) is 42.1 Å². The summed E-state index contributed by atoms with van der Waals surface area (Å²) in [5, 5.41) is 25.5. The second kappa shape index (κ2) is 17.7. The summed E-state index contributed by atoms with van der Waals surface area (Å²) in [4.78, 5) is 32.5. The molecule has 0 heterocycles. The summed E-state index contributed by atoms with van der Waals surface area (Å²) in [6.07, 6.45) is 0.395. The standard InChI is InChI=1S/C32H53N3O5S/c1-21(2)28(35(10)30(37)19-33-32(7,8)9)18-29(36)25(6)41-20-23(4)24(5)40-34-27(16-22(3)31(38)39)17-26-14-12-11-13-15-26/h11-15,20-22,24,27-29,33-34,36H,6,16-19H2,1-5,7-10H3,(H,38,39)/b23-20+. The molecule has 0 saturated carbocycles. The molecule has 0 aliphatic heterocycles. The first-order chi connectivity index (χ1) is 19.0. The molecule has 0 saturated heterocycles. The van der Waals surface area contributed by atoms with E-state index in [0.29, 0.717) is 24.2 Å². The molecule has 5 atom stereocenters. The molecule has 0 spiro atoms. The molecule has 4 N–H and O–H groups in total. The summed E-state index contributed by atoms with van der Waals surface area (Å²) in [6.45, 7) is 20.0. The number of carbonyl (C=O) groups excluding carboxylic acids is 1. The van der Waals surface area contributed by atoms with E-state index in [1.165, 1.54) is 11.8 Å². The second-order valence-corrected chi connectivity index (χ2v) is 13.4. The van der Waals surface area contributed by atoms with Gasteiger partial charge in [-0.25, -0.2) is 0 Å². The van der Waals surface area contributed by atoms with E-state index in [1.54, 1.807) is 18.9 Å². The molecule has 0 bridgehead atoms. The van der Waals surface area contributed by atoms with Crippen molar-refractivity contribution < 1.29 is 24.6 Å². The smallest absolute Gasteiger partial charge is 0.306 e. The van der Waals surface area contributed by atoms with Gasteiger partial charge in [0.15, 0.2) is 0 Å². The van der Waals surface area contributed by atoms with Crippen molar-refractivity contribution in [3.63, 3.8) is 0 Å². The van der Waals surface area contributed by atoms with Crippen LogP contribution in [0.5, 0.6) is 0 Å². The number of hydrogen-bond donors (Lipinski definition) is 4. The Hall–Kier alpha value is -2.17. The lowest BCUT2D eigenvalue weighted by atomic mass is 9.96. The summed E-state index contributed by atoms with van der Waals surface area (Å²) >= 11 is 1.35. The van der Waals surface area contributed by atoms with E-state index in [0.717, 1.165) is 11.1 Å². The molecule has 232 valence electrons. The van der Waals surface area contributed by atoms with Crippen LogP contribution in [0.4, 0.5) is 0 Å². The zero-order chi connectivity index (χ0) is 31.3. The van der Waals surface area contributed by atoms with Crippen LogP contribution in [0.1, 0.15) is 73.8 Å². The third-order valence-corrected chi connectivity index (χ3v) is 8.16. The van der Waals surface area contributed by atoms with Crippen LogP contribution in [-0.4, -0.2) is 70.4 Å². The van der Waals surface area contributed by atoms with Gasteiger partial charge in [0, 0.05) is 29.6 Å². The minimum atomic E-state index is -0.834. The van der Waals surface area contributed by atoms with Gasteiger partial charge in [-0.05, 0) is 76.3 Å². The number of likely N-dealkylation sites (N-methyl/N-ethyl adjacent to an activating group) is 1. The first kappa shape index (κ1) is 36.9. The van der Waals surface area contributed by atoms with Crippen LogP contribution in [-0.2, 0) is 20.8 Å². The van der Waals surface area contributed by atoms with Crippen molar-refractivity contribution in [2.75, 3.05) is 13.6 Å². The van der Waals surface area contributed by atoms with E-state index in [2.05, 4.69) is 17.4 Å².